The molecular weight excluding hydrogens is 155 g/mol. The molecule has 0 bridgehead atoms. The average Bonchev–Trinajstić information content (AvgIpc) is 2.08. The second-order valence-corrected chi connectivity index (χ2v) is 2.88. The molecule has 0 aromatic heterocycles. The summed E-state index contributed by atoms with van der Waals surface area (Å²) < 4.78 is 13.0. The van der Waals surface area contributed by atoms with Gasteiger partial charge in [0.05, 0.1) is 6.10 Å². The third-order valence-electron chi connectivity index (χ3n) is 2.06. The first-order valence-electron chi connectivity index (χ1n) is 4.10. The van der Waals surface area contributed by atoms with Gasteiger partial charge in [0, 0.05) is 0 Å². The highest BCUT2D eigenvalue weighted by molar-refractivity contribution is 5.28. The van der Waals surface area contributed by atoms with E-state index in [4.69, 9.17) is 0 Å². The number of aliphatic hydroxyl groups excluding tert-OH is 1. The second-order valence-electron chi connectivity index (χ2n) is 2.88. The van der Waals surface area contributed by atoms with Gasteiger partial charge in [0.15, 0.2) is 0 Å². The predicted octanol–water partition coefficient (Wildman–Crippen LogP) is 2.58. The second kappa shape index (κ2) is 3.68. The highest BCUT2D eigenvalue weighted by Crippen LogP contribution is 2.21. The zero-order valence-electron chi connectivity index (χ0n) is 7.34. The number of aliphatic hydroxyl groups is 1. The number of hydrogen-bond acceptors (Lipinski definition) is 1. The van der Waals surface area contributed by atoms with Gasteiger partial charge in [0.1, 0.15) is 5.82 Å². The molecule has 1 rings (SSSR count). The molecule has 0 aliphatic heterocycles. The fourth-order valence-electron chi connectivity index (χ4n) is 1.21. The van der Waals surface area contributed by atoms with Gasteiger partial charge in [0.2, 0.25) is 0 Å². The van der Waals surface area contributed by atoms with E-state index in [0.717, 1.165) is 0 Å². The molecule has 0 fully saturated rings. The Balaban J connectivity index is 3.07. The lowest BCUT2D eigenvalue weighted by Gasteiger charge is -2.11. The average molecular weight is 168 g/mol. The summed E-state index contributed by atoms with van der Waals surface area (Å²) in [6.45, 7) is 3.55. The molecule has 0 saturated heterocycles. The Kier molecular flexibility index (Phi) is 2.82. The SMILES string of the molecule is CCC(O)c1cccc(F)c1C. The number of hydrogen-bond donors (Lipinski definition) is 1. The highest BCUT2D eigenvalue weighted by Gasteiger charge is 2.09. The van der Waals surface area contributed by atoms with Crippen LogP contribution in [0.3, 0.4) is 0 Å². The van der Waals surface area contributed by atoms with Gasteiger partial charge in [-0.25, -0.2) is 4.39 Å². The monoisotopic (exact) mass is 168 g/mol. The van der Waals surface area contributed by atoms with Crippen LogP contribution in [-0.4, -0.2) is 5.11 Å². The fourth-order valence-corrected chi connectivity index (χ4v) is 1.21. The molecule has 0 aliphatic rings. The number of benzene rings is 1. The van der Waals surface area contributed by atoms with Gasteiger partial charge in [-0.2, -0.15) is 0 Å². The molecule has 0 amide bonds. The smallest absolute Gasteiger partial charge is 0.126 e. The van der Waals surface area contributed by atoms with E-state index in [1.807, 2.05) is 6.92 Å². The van der Waals surface area contributed by atoms with Gasteiger partial charge in [-0.1, -0.05) is 19.1 Å². The molecular formula is C10H13FO. The molecule has 1 N–H and O–H groups in total. The zero-order chi connectivity index (χ0) is 9.14. The van der Waals surface area contributed by atoms with Crippen molar-refractivity contribution in [1.82, 2.24) is 0 Å². The summed E-state index contributed by atoms with van der Waals surface area (Å²) in [6.07, 6.45) is 0.0744. The molecule has 0 aliphatic carbocycles. The van der Waals surface area contributed by atoms with E-state index in [1.165, 1.54) is 6.07 Å². The molecule has 66 valence electrons. The minimum Gasteiger partial charge on any atom is -0.388 e. The van der Waals surface area contributed by atoms with Crippen molar-refractivity contribution in [3.63, 3.8) is 0 Å². The van der Waals surface area contributed by atoms with Crippen LogP contribution in [0.2, 0.25) is 0 Å². The molecule has 1 aromatic carbocycles. The maximum Gasteiger partial charge on any atom is 0.126 e. The third kappa shape index (κ3) is 1.64. The predicted molar refractivity (Wildman–Crippen MR) is 46.4 cm³/mol. The van der Waals surface area contributed by atoms with Crippen LogP contribution in [0.4, 0.5) is 4.39 Å². The van der Waals surface area contributed by atoms with Crippen LogP contribution < -0.4 is 0 Å². The van der Waals surface area contributed by atoms with E-state index >= 15 is 0 Å². The van der Waals surface area contributed by atoms with E-state index in [-0.39, 0.29) is 5.82 Å². The topological polar surface area (TPSA) is 20.2 Å². The van der Waals surface area contributed by atoms with Gasteiger partial charge in [-0.15, -0.1) is 0 Å². The van der Waals surface area contributed by atoms with Crippen molar-refractivity contribution in [2.75, 3.05) is 0 Å². The van der Waals surface area contributed by atoms with Gasteiger partial charge in [-0.05, 0) is 30.5 Å². The van der Waals surface area contributed by atoms with Crippen molar-refractivity contribution in [2.45, 2.75) is 26.4 Å². The van der Waals surface area contributed by atoms with Crippen molar-refractivity contribution in [1.29, 1.82) is 0 Å². The Morgan fingerprint density at radius 2 is 2.17 bits per heavy atom. The van der Waals surface area contributed by atoms with E-state index in [2.05, 4.69) is 0 Å². The van der Waals surface area contributed by atoms with Gasteiger partial charge >= 0.3 is 0 Å². The Morgan fingerprint density at radius 3 is 2.75 bits per heavy atom. The summed E-state index contributed by atoms with van der Waals surface area (Å²) in [5, 5.41) is 9.47. The Hall–Kier alpha value is -0.890. The molecule has 2 heteroatoms. The zero-order valence-corrected chi connectivity index (χ0v) is 7.34. The van der Waals surface area contributed by atoms with Gasteiger partial charge < -0.3 is 5.11 Å². The summed E-state index contributed by atoms with van der Waals surface area (Å²) in [7, 11) is 0. The van der Waals surface area contributed by atoms with E-state index in [9.17, 15) is 9.50 Å². The maximum absolute atomic E-state index is 13.0. The normalized spacial score (nSPS) is 13.0. The summed E-state index contributed by atoms with van der Waals surface area (Å²) in [4.78, 5) is 0. The molecule has 0 heterocycles. The van der Waals surface area contributed by atoms with Crippen molar-refractivity contribution in [2.24, 2.45) is 0 Å². The number of halogens is 1. The Bertz CT molecular complexity index is 271. The van der Waals surface area contributed by atoms with Crippen LogP contribution in [0.25, 0.3) is 0 Å². The van der Waals surface area contributed by atoms with Crippen molar-refractivity contribution >= 4 is 0 Å². The van der Waals surface area contributed by atoms with Crippen molar-refractivity contribution in [3.05, 3.63) is 35.1 Å². The van der Waals surface area contributed by atoms with Crippen molar-refractivity contribution in [3.8, 4) is 0 Å². The standard InChI is InChI=1S/C10H13FO/c1-3-10(12)8-5-4-6-9(11)7(8)2/h4-6,10,12H,3H2,1-2H3. The molecule has 12 heavy (non-hydrogen) atoms. The maximum atomic E-state index is 13.0. The molecule has 0 spiro atoms. The molecule has 1 unspecified atom stereocenters. The summed E-state index contributed by atoms with van der Waals surface area (Å²) in [5.41, 5.74) is 1.24. The lowest BCUT2D eigenvalue weighted by molar-refractivity contribution is 0.172. The van der Waals surface area contributed by atoms with E-state index < -0.39 is 6.10 Å². The largest absolute Gasteiger partial charge is 0.388 e. The summed E-state index contributed by atoms with van der Waals surface area (Å²) in [5.74, 6) is -0.250. The molecule has 1 aromatic rings. The van der Waals surface area contributed by atoms with Gasteiger partial charge in [0.25, 0.3) is 0 Å². The van der Waals surface area contributed by atoms with E-state index in [1.54, 1.807) is 19.1 Å². The van der Waals surface area contributed by atoms with Crippen molar-refractivity contribution < 1.29 is 9.50 Å². The summed E-state index contributed by atoms with van der Waals surface area (Å²) in [6, 6.07) is 4.78. The number of rotatable bonds is 2. The van der Waals surface area contributed by atoms with Crippen LogP contribution in [0.5, 0.6) is 0 Å². The minimum absolute atomic E-state index is 0.250. The summed E-state index contributed by atoms with van der Waals surface area (Å²) >= 11 is 0. The first-order valence-corrected chi connectivity index (χ1v) is 4.10. The van der Waals surface area contributed by atoms with Crippen LogP contribution >= 0.6 is 0 Å². The van der Waals surface area contributed by atoms with Crippen LogP contribution in [0, 0.1) is 12.7 Å². The molecule has 1 nitrogen and oxygen atoms in total. The Morgan fingerprint density at radius 1 is 1.50 bits per heavy atom. The van der Waals surface area contributed by atoms with Gasteiger partial charge in [-0.3, -0.25) is 0 Å². The fraction of sp³-hybridized carbons (Fsp3) is 0.400. The molecule has 0 radical (unpaired) electrons. The first kappa shape index (κ1) is 9.20. The highest BCUT2D eigenvalue weighted by atomic mass is 19.1. The minimum atomic E-state index is -0.541. The van der Waals surface area contributed by atoms with Crippen LogP contribution in [0.1, 0.15) is 30.6 Å². The molecule has 1 atom stereocenters. The lowest BCUT2D eigenvalue weighted by Crippen LogP contribution is -1.99. The quantitative estimate of drug-likeness (QED) is 0.719. The first-order chi connectivity index (χ1) is 5.66. The lowest BCUT2D eigenvalue weighted by atomic mass is 10.0. The van der Waals surface area contributed by atoms with E-state index in [0.29, 0.717) is 17.5 Å². The van der Waals surface area contributed by atoms with Crippen LogP contribution in [-0.2, 0) is 0 Å². The molecule has 0 saturated carbocycles. The Labute approximate surface area is 71.9 Å². The third-order valence-corrected chi connectivity index (χ3v) is 2.06. The van der Waals surface area contributed by atoms with Crippen LogP contribution in [0.15, 0.2) is 18.2 Å².